The molecule has 0 aliphatic carbocycles. The van der Waals surface area contributed by atoms with Crippen LogP contribution in [-0.2, 0) is 10.1 Å². The number of hydrogen-bond donors (Lipinski definition) is 1. The molecule has 0 saturated carbocycles. The lowest BCUT2D eigenvalue weighted by molar-refractivity contribution is 0.483. The van der Waals surface area contributed by atoms with Gasteiger partial charge in [-0.1, -0.05) is 31.9 Å². The van der Waals surface area contributed by atoms with Crippen molar-refractivity contribution in [2.24, 2.45) is 0 Å². The molecule has 1 atom stereocenters. The van der Waals surface area contributed by atoms with E-state index in [9.17, 15) is 8.42 Å². The fourth-order valence-corrected chi connectivity index (χ4v) is 1.24. The highest BCUT2D eigenvalue weighted by Gasteiger charge is 2.16. The highest BCUT2D eigenvalue weighted by atomic mass is 79.9. The summed E-state index contributed by atoms with van der Waals surface area (Å²) in [6.07, 6.45) is 0. The summed E-state index contributed by atoms with van der Waals surface area (Å²) in [5.41, 5.74) is 0. The smallest absolute Gasteiger partial charge is 0.278 e. The van der Waals surface area contributed by atoms with Gasteiger partial charge in [-0.2, -0.15) is 8.42 Å². The maximum absolute atomic E-state index is 10.0. The Kier molecular flexibility index (Phi) is 3.49. The minimum Gasteiger partial charge on any atom is -0.285 e. The first-order chi connectivity index (χ1) is 3.48. The lowest BCUT2D eigenvalue weighted by Crippen LogP contribution is -2.13. The van der Waals surface area contributed by atoms with Gasteiger partial charge >= 0.3 is 0 Å². The van der Waals surface area contributed by atoms with Crippen molar-refractivity contribution in [1.82, 2.24) is 0 Å². The van der Waals surface area contributed by atoms with Crippen LogP contribution in [0, 0.1) is 0 Å². The monoisotopic (exact) mass is 266 g/mol. The molecule has 0 fully saturated rings. The van der Waals surface area contributed by atoms with Crippen molar-refractivity contribution in [1.29, 1.82) is 0 Å². The fourth-order valence-electron chi connectivity index (χ4n) is 0.0796. The van der Waals surface area contributed by atoms with E-state index in [1.165, 1.54) is 0 Å². The molecule has 0 aromatic heterocycles. The maximum atomic E-state index is 10.0. The van der Waals surface area contributed by atoms with Gasteiger partial charge in [-0.15, -0.1) is 0 Å². The molecule has 1 N–H and O–H groups in total. The average Bonchev–Trinajstić information content (AvgIpc) is 1.62. The van der Waals surface area contributed by atoms with Gasteiger partial charge < -0.3 is 0 Å². The fraction of sp³-hybridized carbons (Fsp3) is 1.00. The van der Waals surface area contributed by atoms with Crippen LogP contribution < -0.4 is 0 Å². The first-order valence-electron chi connectivity index (χ1n) is 1.65. The lowest BCUT2D eigenvalue weighted by Gasteiger charge is -1.97. The minimum atomic E-state index is -3.88. The largest absolute Gasteiger partial charge is 0.285 e. The van der Waals surface area contributed by atoms with Crippen LogP contribution in [0.25, 0.3) is 0 Å². The summed E-state index contributed by atoms with van der Waals surface area (Å²) >= 11 is 5.58. The van der Waals surface area contributed by atoms with Crippen LogP contribution in [0.2, 0.25) is 0 Å². The zero-order chi connectivity index (χ0) is 6.78. The van der Waals surface area contributed by atoms with Gasteiger partial charge in [0.1, 0.15) is 0 Å². The SMILES string of the molecule is O=S(=O)(O)C(Br)CBr. The van der Waals surface area contributed by atoms with Crippen LogP contribution in [-0.4, -0.2) is 22.5 Å². The zero-order valence-electron chi connectivity index (χ0n) is 3.71. The van der Waals surface area contributed by atoms with Crippen LogP contribution in [0.5, 0.6) is 0 Å². The Labute approximate surface area is 64.5 Å². The number of halogens is 2. The molecule has 0 rings (SSSR count). The third-order valence-electron chi connectivity index (χ3n) is 0.445. The topological polar surface area (TPSA) is 54.4 Å². The van der Waals surface area contributed by atoms with Crippen LogP contribution in [0.4, 0.5) is 0 Å². The van der Waals surface area contributed by atoms with Crippen molar-refractivity contribution in [3.8, 4) is 0 Å². The van der Waals surface area contributed by atoms with Gasteiger partial charge in [0, 0.05) is 5.33 Å². The second kappa shape index (κ2) is 3.14. The van der Waals surface area contributed by atoms with E-state index in [-0.39, 0.29) is 5.33 Å². The Balaban J connectivity index is 4.04. The molecule has 0 radical (unpaired) electrons. The average molecular weight is 268 g/mol. The quantitative estimate of drug-likeness (QED) is 0.600. The summed E-state index contributed by atoms with van der Waals surface area (Å²) in [7, 11) is -3.88. The molecular formula is C2H4Br2O3S. The molecule has 0 aromatic carbocycles. The van der Waals surface area contributed by atoms with Gasteiger partial charge in [-0.05, 0) is 0 Å². The van der Waals surface area contributed by atoms with Crippen molar-refractivity contribution < 1.29 is 13.0 Å². The molecule has 0 saturated heterocycles. The summed E-state index contributed by atoms with van der Waals surface area (Å²) in [5.74, 6) is 0. The molecule has 1 unspecified atom stereocenters. The Bertz CT molecular complexity index is 151. The van der Waals surface area contributed by atoms with E-state index in [1.807, 2.05) is 0 Å². The predicted molar refractivity (Wildman–Crippen MR) is 38.1 cm³/mol. The summed E-state index contributed by atoms with van der Waals surface area (Å²) < 4.78 is 27.4. The summed E-state index contributed by atoms with van der Waals surface area (Å²) in [6, 6.07) is 0. The van der Waals surface area contributed by atoms with Crippen molar-refractivity contribution >= 4 is 42.0 Å². The van der Waals surface area contributed by atoms with E-state index in [4.69, 9.17) is 4.55 Å². The molecule has 0 aliphatic heterocycles. The van der Waals surface area contributed by atoms with E-state index in [0.717, 1.165) is 0 Å². The van der Waals surface area contributed by atoms with Crippen LogP contribution in [0.1, 0.15) is 0 Å². The van der Waals surface area contributed by atoms with Gasteiger partial charge in [0.15, 0.2) is 4.16 Å². The van der Waals surface area contributed by atoms with Crippen LogP contribution >= 0.6 is 31.9 Å². The highest BCUT2D eigenvalue weighted by Crippen LogP contribution is 2.09. The van der Waals surface area contributed by atoms with E-state index < -0.39 is 14.3 Å². The van der Waals surface area contributed by atoms with Crippen molar-refractivity contribution in [2.45, 2.75) is 4.16 Å². The normalized spacial score (nSPS) is 15.9. The molecule has 0 heterocycles. The van der Waals surface area contributed by atoms with E-state index in [0.29, 0.717) is 0 Å². The molecule has 6 heteroatoms. The number of alkyl halides is 2. The second-order valence-corrected chi connectivity index (χ2v) is 5.04. The standard InChI is InChI=1S/C2H4Br2O3S/c3-1-2(4)8(5,6)7/h2H,1H2,(H,5,6,7). The molecule has 0 aromatic rings. The van der Waals surface area contributed by atoms with Crippen molar-refractivity contribution in [3.05, 3.63) is 0 Å². The Morgan fingerprint density at radius 3 is 2.00 bits per heavy atom. The van der Waals surface area contributed by atoms with E-state index >= 15 is 0 Å². The van der Waals surface area contributed by atoms with Gasteiger partial charge in [0.2, 0.25) is 0 Å². The van der Waals surface area contributed by atoms with Gasteiger partial charge in [-0.3, -0.25) is 4.55 Å². The first-order valence-corrected chi connectivity index (χ1v) is 5.19. The third kappa shape index (κ3) is 3.01. The highest BCUT2D eigenvalue weighted by molar-refractivity contribution is 9.13. The Morgan fingerprint density at radius 2 is 2.00 bits per heavy atom. The second-order valence-electron chi connectivity index (χ2n) is 1.08. The minimum absolute atomic E-state index is 0.186. The summed E-state index contributed by atoms with van der Waals surface area (Å²) in [5, 5.41) is 0.186. The third-order valence-corrected chi connectivity index (χ3v) is 4.94. The van der Waals surface area contributed by atoms with Gasteiger partial charge in [0.05, 0.1) is 0 Å². The molecule has 8 heavy (non-hydrogen) atoms. The molecule has 3 nitrogen and oxygen atoms in total. The number of hydrogen-bond acceptors (Lipinski definition) is 2. The molecular weight excluding hydrogens is 264 g/mol. The molecule has 50 valence electrons. The van der Waals surface area contributed by atoms with Crippen LogP contribution in [0.15, 0.2) is 0 Å². The predicted octanol–water partition coefficient (Wildman–Crippen LogP) is 0.990. The zero-order valence-corrected chi connectivity index (χ0v) is 7.70. The number of rotatable bonds is 2. The van der Waals surface area contributed by atoms with Crippen molar-refractivity contribution in [2.75, 3.05) is 5.33 Å². The first kappa shape index (κ1) is 8.87. The van der Waals surface area contributed by atoms with Gasteiger partial charge in [-0.25, -0.2) is 0 Å². The summed E-state index contributed by atoms with van der Waals surface area (Å²) in [6.45, 7) is 0. The van der Waals surface area contributed by atoms with Crippen LogP contribution in [0.3, 0.4) is 0 Å². The van der Waals surface area contributed by atoms with Crippen molar-refractivity contribution in [3.63, 3.8) is 0 Å². The molecule has 0 spiro atoms. The van der Waals surface area contributed by atoms with Gasteiger partial charge in [0.25, 0.3) is 10.1 Å². The lowest BCUT2D eigenvalue weighted by atomic mass is 11.0. The molecule has 0 amide bonds. The van der Waals surface area contributed by atoms with E-state index in [1.54, 1.807) is 0 Å². The van der Waals surface area contributed by atoms with E-state index in [2.05, 4.69) is 31.9 Å². The molecule has 0 bridgehead atoms. The maximum Gasteiger partial charge on any atom is 0.278 e. The Hall–Kier alpha value is 0.870. The summed E-state index contributed by atoms with van der Waals surface area (Å²) in [4.78, 5) is 0. The molecule has 0 aliphatic rings. The Morgan fingerprint density at radius 1 is 1.62 bits per heavy atom.